The van der Waals surface area contributed by atoms with E-state index in [-0.39, 0.29) is 12.3 Å². The van der Waals surface area contributed by atoms with Crippen molar-refractivity contribution >= 4 is 33.6 Å². The van der Waals surface area contributed by atoms with Crippen LogP contribution in [0.25, 0.3) is 0 Å². The second kappa shape index (κ2) is 5.48. The van der Waals surface area contributed by atoms with E-state index in [1.807, 2.05) is 13.0 Å². The second-order valence-electron chi connectivity index (χ2n) is 4.73. The van der Waals surface area contributed by atoms with E-state index in [0.29, 0.717) is 5.82 Å². The van der Waals surface area contributed by atoms with Gasteiger partial charge in [-0.15, -0.1) is 0 Å². The van der Waals surface area contributed by atoms with Gasteiger partial charge in [0.05, 0.1) is 5.41 Å². The molecule has 0 aliphatic rings. The Balaban J connectivity index is 2.74. The average Bonchev–Trinajstić information content (AvgIpc) is 2.21. The van der Waals surface area contributed by atoms with Gasteiger partial charge in [0.25, 0.3) is 0 Å². The number of aromatic nitrogens is 1. The molecule has 0 spiro atoms. The minimum Gasteiger partial charge on any atom is -0.481 e. The number of rotatable bonds is 4. The van der Waals surface area contributed by atoms with Crippen molar-refractivity contribution < 1.29 is 14.7 Å². The number of carbonyl (C=O) groups excluding carboxylic acids is 1. The van der Waals surface area contributed by atoms with E-state index in [1.54, 1.807) is 6.20 Å². The van der Waals surface area contributed by atoms with Gasteiger partial charge in [-0.3, -0.25) is 9.59 Å². The first kappa shape index (κ1) is 14.6. The van der Waals surface area contributed by atoms with Gasteiger partial charge in [0.15, 0.2) is 0 Å². The number of hydrogen-bond donors (Lipinski definition) is 2. The van der Waals surface area contributed by atoms with Crippen molar-refractivity contribution in [3.8, 4) is 0 Å². The third kappa shape index (κ3) is 3.80. The molecule has 0 aromatic carbocycles. The van der Waals surface area contributed by atoms with Crippen LogP contribution >= 0.6 is 15.9 Å². The maximum absolute atomic E-state index is 11.7. The molecule has 0 saturated carbocycles. The van der Waals surface area contributed by atoms with Crippen molar-refractivity contribution in [2.45, 2.75) is 27.2 Å². The molecular weight excluding hydrogens is 300 g/mol. The fraction of sp³-hybridized carbons (Fsp3) is 0.417. The third-order valence-corrected chi connectivity index (χ3v) is 2.92. The number of halogens is 1. The summed E-state index contributed by atoms with van der Waals surface area (Å²) in [6.07, 6.45) is 1.48. The Labute approximate surface area is 114 Å². The van der Waals surface area contributed by atoms with Crippen molar-refractivity contribution in [3.05, 3.63) is 22.3 Å². The predicted octanol–water partition coefficient (Wildman–Crippen LogP) is 2.59. The Bertz CT molecular complexity index is 486. The van der Waals surface area contributed by atoms with Gasteiger partial charge in [-0.25, -0.2) is 4.98 Å². The van der Waals surface area contributed by atoms with E-state index in [2.05, 4.69) is 26.2 Å². The summed E-state index contributed by atoms with van der Waals surface area (Å²) in [5, 5.41) is 11.6. The molecule has 0 fully saturated rings. The van der Waals surface area contributed by atoms with E-state index in [4.69, 9.17) is 5.11 Å². The molecule has 0 atom stereocenters. The Hall–Kier alpha value is -1.43. The highest BCUT2D eigenvalue weighted by Crippen LogP contribution is 2.22. The number of carboxylic acids is 1. The van der Waals surface area contributed by atoms with Gasteiger partial charge >= 0.3 is 5.97 Å². The van der Waals surface area contributed by atoms with Gasteiger partial charge in [-0.2, -0.15) is 0 Å². The van der Waals surface area contributed by atoms with Gasteiger partial charge in [0, 0.05) is 17.1 Å². The summed E-state index contributed by atoms with van der Waals surface area (Å²) in [5.41, 5.74) is -0.279. The zero-order valence-electron chi connectivity index (χ0n) is 10.5. The lowest BCUT2D eigenvalue weighted by Gasteiger charge is -2.18. The lowest BCUT2D eigenvalue weighted by atomic mass is 9.89. The Kier molecular flexibility index (Phi) is 4.45. The molecule has 1 aromatic rings. The number of hydrogen-bond acceptors (Lipinski definition) is 3. The number of carboxylic acid groups (broad SMARTS) is 1. The summed E-state index contributed by atoms with van der Waals surface area (Å²) < 4.78 is 0.823. The maximum Gasteiger partial charge on any atom is 0.309 e. The summed E-state index contributed by atoms with van der Waals surface area (Å²) in [4.78, 5) is 26.7. The highest BCUT2D eigenvalue weighted by molar-refractivity contribution is 9.10. The van der Waals surface area contributed by atoms with E-state index >= 15 is 0 Å². The standard InChI is InChI=1S/C12H15BrN2O3/c1-7-4-8(13)6-14-10(7)15-9(16)5-12(2,3)11(17)18/h4,6H,5H2,1-3H3,(H,17,18)(H,14,15,16). The quantitative estimate of drug-likeness (QED) is 0.895. The van der Waals surface area contributed by atoms with Crippen molar-refractivity contribution in [1.29, 1.82) is 0 Å². The predicted molar refractivity (Wildman–Crippen MR) is 71.3 cm³/mol. The topological polar surface area (TPSA) is 79.3 Å². The molecule has 0 unspecified atom stereocenters. The van der Waals surface area contributed by atoms with Crippen LogP contribution in [0.15, 0.2) is 16.7 Å². The van der Waals surface area contributed by atoms with Gasteiger partial charge in [0.1, 0.15) is 5.82 Å². The number of nitrogens with one attached hydrogen (secondary N) is 1. The summed E-state index contributed by atoms with van der Waals surface area (Å²) in [5.74, 6) is -0.914. The van der Waals surface area contributed by atoms with Gasteiger partial charge < -0.3 is 10.4 Å². The molecule has 1 rings (SSSR count). The monoisotopic (exact) mass is 314 g/mol. The number of aliphatic carboxylic acids is 1. The second-order valence-corrected chi connectivity index (χ2v) is 5.65. The molecule has 0 aliphatic carbocycles. The number of nitrogens with zero attached hydrogens (tertiary/aromatic N) is 1. The molecule has 0 radical (unpaired) electrons. The summed E-state index contributed by atoms with van der Waals surface area (Å²) >= 11 is 3.28. The fourth-order valence-electron chi connectivity index (χ4n) is 1.32. The number of amides is 1. The maximum atomic E-state index is 11.7. The van der Waals surface area contributed by atoms with Crippen molar-refractivity contribution in [1.82, 2.24) is 4.98 Å². The summed E-state index contributed by atoms with van der Waals surface area (Å²) in [6, 6.07) is 1.82. The van der Waals surface area contributed by atoms with Gasteiger partial charge in [-0.1, -0.05) is 0 Å². The number of pyridine rings is 1. The normalized spacial score (nSPS) is 11.1. The Morgan fingerprint density at radius 1 is 1.50 bits per heavy atom. The van der Waals surface area contributed by atoms with Crippen LogP contribution in [0.2, 0.25) is 0 Å². The number of anilines is 1. The lowest BCUT2D eigenvalue weighted by molar-refractivity contribution is -0.148. The van der Waals surface area contributed by atoms with Crippen LogP contribution in [0.1, 0.15) is 25.8 Å². The van der Waals surface area contributed by atoms with Crippen LogP contribution < -0.4 is 5.32 Å². The zero-order valence-corrected chi connectivity index (χ0v) is 12.0. The molecule has 5 nitrogen and oxygen atoms in total. The number of aryl methyl sites for hydroxylation is 1. The molecule has 18 heavy (non-hydrogen) atoms. The molecule has 0 bridgehead atoms. The van der Waals surface area contributed by atoms with Crippen molar-refractivity contribution in [2.75, 3.05) is 5.32 Å². The molecule has 98 valence electrons. The summed E-state index contributed by atoms with van der Waals surface area (Å²) in [6.45, 7) is 4.84. The van der Waals surface area contributed by atoms with Crippen LogP contribution in [-0.2, 0) is 9.59 Å². The fourth-order valence-corrected chi connectivity index (χ4v) is 1.77. The molecule has 1 heterocycles. The highest BCUT2D eigenvalue weighted by Gasteiger charge is 2.30. The van der Waals surface area contributed by atoms with Crippen molar-refractivity contribution in [3.63, 3.8) is 0 Å². The van der Waals surface area contributed by atoms with Crippen LogP contribution in [0.3, 0.4) is 0 Å². The molecule has 6 heteroatoms. The molecule has 0 aliphatic heterocycles. The SMILES string of the molecule is Cc1cc(Br)cnc1NC(=O)CC(C)(C)C(=O)O. The van der Waals surface area contributed by atoms with Crippen LogP contribution in [0, 0.1) is 12.3 Å². The van der Waals surface area contributed by atoms with E-state index in [0.717, 1.165) is 10.0 Å². The number of carbonyl (C=O) groups is 2. The van der Waals surface area contributed by atoms with Gasteiger partial charge in [0.2, 0.25) is 5.91 Å². The molecule has 1 amide bonds. The largest absolute Gasteiger partial charge is 0.481 e. The average molecular weight is 315 g/mol. The smallest absolute Gasteiger partial charge is 0.309 e. The Morgan fingerprint density at radius 2 is 2.11 bits per heavy atom. The minimum atomic E-state index is -1.09. The molecule has 1 aromatic heterocycles. The molecule has 0 saturated heterocycles. The Morgan fingerprint density at radius 3 is 2.61 bits per heavy atom. The first-order valence-electron chi connectivity index (χ1n) is 5.38. The lowest BCUT2D eigenvalue weighted by Crippen LogP contribution is -2.29. The van der Waals surface area contributed by atoms with E-state index < -0.39 is 11.4 Å². The van der Waals surface area contributed by atoms with Crippen LogP contribution in [0.4, 0.5) is 5.82 Å². The van der Waals surface area contributed by atoms with Gasteiger partial charge in [-0.05, 0) is 48.3 Å². The summed E-state index contributed by atoms with van der Waals surface area (Å²) in [7, 11) is 0. The van der Waals surface area contributed by atoms with E-state index in [9.17, 15) is 9.59 Å². The van der Waals surface area contributed by atoms with Crippen molar-refractivity contribution in [2.24, 2.45) is 5.41 Å². The first-order chi connectivity index (χ1) is 8.22. The highest BCUT2D eigenvalue weighted by atomic mass is 79.9. The van der Waals surface area contributed by atoms with Crippen LogP contribution in [-0.4, -0.2) is 22.0 Å². The molecular formula is C12H15BrN2O3. The first-order valence-corrected chi connectivity index (χ1v) is 6.17. The minimum absolute atomic E-state index is 0.0977. The third-order valence-electron chi connectivity index (χ3n) is 2.48. The van der Waals surface area contributed by atoms with Crippen LogP contribution in [0.5, 0.6) is 0 Å². The zero-order chi connectivity index (χ0) is 13.9. The molecule has 2 N–H and O–H groups in total. The van der Waals surface area contributed by atoms with E-state index in [1.165, 1.54) is 13.8 Å².